The number of carbonyl (C=O) groups excluding carboxylic acids is 1. The molecule has 6 nitrogen and oxygen atoms in total. The lowest BCUT2D eigenvalue weighted by Gasteiger charge is -2.22. The maximum absolute atomic E-state index is 11.9. The van der Waals surface area contributed by atoms with Gasteiger partial charge in [-0.1, -0.05) is 24.0 Å². The van der Waals surface area contributed by atoms with Gasteiger partial charge in [-0.15, -0.1) is 0 Å². The van der Waals surface area contributed by atoms with Crippen LogP contribution in [-0.4, -0.2) is 66.2 Å². The summed E-state index contributed by atoms with van der Waals surface area (Å²) in [7, 11) is 4.98. The first-order chi connectivity index (χ1) is 11.4. The van der Waals surface area contributed by atoms with Crippen molar-refractivity contribution in [2.75, 3.05) is 41.1 Å². The number of thioether (sulfide) groups is 1. The standard InChI is InChI=1S/C16H20N2O4S2/c1-17(2)15(20)8-18-10-22-9-13(24-16(18)23)7-11-6-12(21-3)4-5-14(11)19/h4-7,19H,8-10H2,1-3H3/b13-7-. The van der Waals surface area contributed by atoms with Gasteiger partial charge in [0.25, 0.3) is 0 Å². The molecule has 0 aromatic heterocycles. The van der Waals surface area contributed by atoms with Crippen molar-refractivity contribution in [3.8, 4) is 11.5 Å². The van der Waals surface area contributed by atoms with E-state index in [0.29, 0.717) is 22.2 Å². The van der Waals surface area contributed by atoms with E-state index in [9.17, 15) is 9.90 Å². The van der Waals surface area contributed by atoms with Crippen LogP contribution in [0.2, 0.25) is 0 Å². The van der Waals surface area contributed by atoms with Crippen molar-refractivity contribution in [3.63, 3.8) is 0 Å². The molecule has 0 unspecified atom stereocenters. The normalized spacial score (nSPS) is 16.9. The van der Waals surface area contributed by atoms with Crippen molar-refractivity contribution in [2.45, 2.75) is 0 Å². The molecule has 0 aliphatic carbocycles. The van der Waals surface area contributed by atoms with Crippen molar-refractivity contribution >= 4 is 40.3 Å². The number of nitrogens with zero attached hydrogens (tertiary/aromatic N) is 2. The van der Waals surface area contributed by atoms with Gasteiger partial charge in [0.05, 0.1) is 13.7 Å². The zero-order chi connectivity index (χ0) is 17.7. The summed E-state index contributed by atoms with van der Waals surface area (Å²) in [6, 6.07) is 5.01. The van der Waals surface area contributed by atoms with Gasteiger partial charge in [-0.25, -0.2) is 0 Å². The molecule has 0 atom stereocenters. The van der Waals surface area contributed by atoms with Gasteiger partial charge < -0.3 is 24.4 Å². The largest absolute Gasteiger partial charge is 0.507 e. The molecular weight excluding hydrogens is 348 g/mol. The number of amides is 1. The van der Waals surface area contributed by atoms with Gasteiger partial charge in [0.15, 0.2) is 0 Å². The van der Waals surface area contributed by atoms with Gasteiger partial charge in [0.2, 0.25) is 5.91 Å². The Bertz CT molecular complexity index is 661. The summed E-state index contributed by atoms with van der Waals surface area (Å²) in [5, 5.41) is 9.99. The maximum atomic E-state index is 11.9. The first-order valence-corrected chi connectivity index (χ1v) is 8.45. The molecular formula is C16H20N2O4S2. The van der Waals surface area contributed by atoms with E-state index in [2.05, 4.69) is 0 Å². The number of aromatic hydroxyl groups is 1. The Morgan fingerprint density at radius 2 is 2.29 bits per heavy atom. The summed E-state index contributed by atoms with van der Waals surface area (Å²) in [5.74, 6) is 0.762. The number of hydrogen-bond donors (Lipinski definition) is 1. The Morgan fingerprint density at radius 3 is 2.96 bits per heavy atom. The monoisotopic (exact) mass is 368 g/mol. The molecule has 2 rings (SSSR count). The number of methoxy groups -OCH3 is 1. The molecule has 0 spiro atoms. The highest BCUT2D eigenvalue weighted by Crippen LogP contribution is 2.30. The Hall–Kier alpha value is -1.77. The molecule has 0 saturated carbocycles. The van der Waals surface area contributed by atoms with Crippen molar-refractivity contribution in [3.05, 3.63) is 28.7 Å². The van der Waals surface area contributed by atoms with Crippen LogP contribution in [0.5, 0.6) is 11.5 Å². The summed E-state index contributed by atoms with van der Waals surface area (Å²) >= 11 is 6.76. The van der Waals surface area contributed by atoms with Crippen molar-refractivity contribution < 1.29 is 19.4 Å². The number of rotatable bonds is 4. The minimum atomic E-state index is -0.0422. The Balaban J connectivity index is 2.14. The van der Waals surface area contributed by atoms with Gasteiger partial charge >= 0.3 is 0 Å². The first-order valence-electron chi connectivity index (χ1n) is 7.23. The zero-order valence-electron chi connectivity index (χ0n) is 13.8. The third-order valence-corrected chi connectivity index (χ3v) is 4.78. The van der Waals surface area contributed by atoms with Crippen LogP contribution in [0.4, 0.5) is 0 Å². The Morgan fingerprint density at radius 1 is 1.54 bits per heavy atom. The molecule has 1 aromatic rings. The van der Waals surface area contributed by atoms with Crippen molar-refractivity contribution in [1.29, 1.82) is 0 Å². The Labute approximate surface area is 151 Å². The fourth-order valence-electron chi connectivity index (χ4n) is 1.95. The number of phenolic OH excluding ortho intramolecular Hbond substituents is 1. The van der Waals surface area contributed by atoms with E-state index in [0.717, 1.165) is 4.91 Å². The minimum absolute atomic E-state index is 0.0422. The first kappa shape index (κ1) is 18.6. The fourth-order valence-corrected chi connectivity index (χ4v) is 3.19. The van der Waals surface area contributed by atoms with Crippen LogP contribution in [0.1, 0.15) is 5.56 Å². The summed E-state index contributed by atoms with van der Waals surface area (Å²) < 4.78 is 11.3. The number of thiocarbonyl (C=S) groups is 1. The van der Waals surface area contributed by atoms with Gasteiger partial charge in [-0.05, 0) is 24.3 Å². The lowest BCUT2D eigenvalue weighted by Crippen LogP contribution is -2.38. The second kappa shape index (κ2) is 8.36. The molecule has 1 aromatic carbocycles. The highest BCUT2D eigenvalue weighted by atomic mass is 32.2. The zero-order valence-corrected chi connectivity index (χ0v) is 15.4. The van der Waals surface area contributed by atoms with Crippen LogP contribution >= 0.6 is 24.0 Å². The van der Waals surface area contributed by atoms with E-state index < -0.39 is 0 Å². The third kappa shape index (κ3) is 4.86. The highest BCUT2D eigenvalue weighted by molar-refractivity contribution is 8.25. The van der Waals surface area contributed by atoms with E-state index in [1.54, 1.807) is 44.3 Å². The predicted molar refractivity (Wildman–Crippen MR) is 99.0 cm³/mol. The maximum Gasteiger partial charge on any atom is 0.241 e. The van der Waals surface area contributed by atoms with Crippen LogP contribution in [-0.2, 0) is 9.53 Å². The molecule has 1 fully saturated rings. The molecule has 1 N–H and O–H groups in total. The number of phenols is 1. The van der Waals surface area contributed by atoms with Crippen LogP contribution in [0.3, 0.4) is 0 Å². The van der Waals surface area contributed by atoms with E-state index in [4.69, 9.17) is 21.7 Å². The van der Waals surface area contributed by atoms with E-state index in [-0.39, 0.29) is 24.9 Å². The average molecular weight is 368 g/mol. The third-order valence-electron chi connectivity index (χ3n) is 3.34. The number of carbonyl (C=O) groups is 1. The SMILES string of the molecule is COc1ccc(O)c(/C=C2/COCN(CC(=O)N(C)C)C(=S)S2)c1. The number of benzene rings is 1. The van der Waals surface area contributed by atoms with Crippen LogP contribution < -0.4 is 4.74 Å². The molecule has 1 aliphatic heterocycles. The topological polar surface area (TPSA) is 62.2 Å². The van der Waals surface area contributed by atoms with Crippen molar-refractivity contribution in [2.24, 2.45) is 0 Å². The predicted octanol–water partition coefficient (Wildman–Crippen LogP) is 2.14. The minimum Gasteiger partial charge on any atom is -0.507 e. The Kier molecular flexibility index (Phi) is 6.47. The molecule has 1 saturated heterocycles. The van der Waals surface area contributed by atoms with Gasteiger partial charge in [0.1, 0.15) is 29.1 Å². The summed E-state index contributed by atoms with van der Waals surface area (Å²) in [6.45, 7) is 0.789. The number of hydrogen-bond acceptors (Lipinski definition) is 6. The summed E-state index contributed by atoms with van der Waals surface area (Å²) in [4.78, 5) is 15.9. The molecule has 130 valence electrons. The van der Waals surface area contributed by atoms with Gasteiger partial charge in [0, 0.05) is 24.6 Å². The second-order valence-corrected chi connectivity index (χ2v) is 7.13. The van der Waals surface area contributed by atoms with Crippen molar-refractivity contribution in [1.82, 2.24) is 9.80 Å². The number of ether oxygens (including phenoxy) is 2. The van der Waals surface area contributed by atoms with Crippen LogP contribution in [0.15, 0.2) is 23.1 Å². The van der Waals surface area contributed by atoms with E-state index >= 15 is 0 Å². The molecule has 0 radical (unpaired) electrons. The summed E-state index contributed by atoms with van der Waals surface area (Å²) in [5.41, 5.74) is 0.626. The van der Waals surface area contributed by atoms with Gasteiger partial charge in [-0.2, -0.15) is 0 Å². The second-order valence-electron chi connectivity index (χ2n) is 5.37. The molecule has 1 amide bonds. The van der Waals surface area contributed by atoms with E-state index in [1.165, 1.54) is 16.7 Å². The smallest absolute Gasteiger partial charge is 0.241 e. The molecule has 0 bridgehead atoms. The molecule has 8 heteroatoms. The number of likely N-dealkylation sites (N-methyl/N-ethyl adjacent to an activating group) is 1. The summed E-state index contributed by atoms with van der Waals surface area (Å²) in [6.07, 6.45) is 1.81. The lowest BCUT2D eigenvalue weighted by atomic mass is 10.2. The molecule has 24 heavy (non-hydrogen) atoms. The molecule has 1 aliphatic rings. The lowest BCUT2D eigenvalue weighted by molar-refractivity contribution is -0.129. The van der Waals surface area contributed by atoms with E-state index in [1.807, 2.05) is 6.08 Å². The average Bonchev–Trinajstić information content (AvgIpc) is 2.71. The van der Waals surface area contributed by atoms with Crippen LogP contribution in [0.25, 0.3) is 6.08 Å². The fraction of sp³-hybridized carbons (Fsp3) is 0.375. The van der Waals surface area contributed by atoms with Crippen LogP contribution in [0, 0.1) is 0 Å². The van der Waals surface area contributed by atoms with Gasteiger partial charge in [-0.3, -0.25) is 4.79 Å². The molecule has 1 heterocycles. The highest BCUT2D eigenvalue weighted by Gasteiger charge is 2.21. The quantitative estimate of drug-likeness (QED) is 0.817.